The number of likely N-dealkylation sites (tertiary alicyclic amines) is 1. The summed E-state index contributed by atoms with van der Waals surface area (Å²) in [5.74, 6) is 0. The molecular formula is C14H22ClN3. The topological polar surface area (TPSA) is 32.5 Å². The lowest BCUT2D eigenvalue weighted by atomic mass is 10.0. The normalized spacial score (nSPS) is 18.4. The van der Waals surface area contributed by atoms with E-state index in [-0.39, 0.29) is 0 Å². The van der Waals surface area contributed by atoms with Gasteiger partial charge in [0.25, 0.3) is 0 Å². The maximum absolute atomic E-state index is 6.22. The second-order valence-corrected chi connectivity index (χ2v) is 5.71. The fourth-order valence-corrected chi connectivity index (χ4v) is 2.77. The second kappa shape index (κ2) is 5.91. The van der Waals surface area contributed by atoms with Crippen LogP contribution in [0, 0.1) is 0 Å². The van der Waals surface area contributed by atoms with Crippen LogP contribution in [0.25, 0.3) is 0 Å². The minimum atomic E-state index is 0.662. The van der Waals surface area contributed by atoms with Gasteiger partial charge in [-0.15, -0.1) is 0 Å². The standard InChI is InChI=1S/C14H22ClN3/c1-17-7-5-13(6-8-17)18(2)10-11-3-4-12(16)9-14(11)15/h3-4,9,13H,5-8,10,16H2,1-2H3. The van der Waals surface area contributed by atoms with Gasteiger partial charge in [0.1, 0.15) is 0 Å². The lowest BCUT2D eigenvalue weighted by molar-refractivity contribution is 0.139. The molecule has 0 saturated carbocycles. The smallest absolute Gasteiger partial charge is 0.0471 e. The lowest BCUT2D eigenvalue weighted by Crippen LogP contribution is -2.41. The van der Waals surface area contributed by atoms with Crippen molar-refractivity contribution < 1.29 is 0 Å². The predicted molar refractivity (Wildman–Crippen MR) is 77.9 cm³/mol. The molecule has 0 unspecified atom stereocenters. The van der Waals surface area contributed by atoms with Crippen LogP contribution >= 0.6 is 11.6 Å². The van der Waals surface area contributed by atoms with Gasteiger partial charge in [-0.05, 0) is 57.7 Å². The van der Waals surface area contributed by atoms with Crippen molar-refractivity contribution in [3.8, 4) is 0 Å². The van der Waals surface area contributed by atoms with Crippen LogP contribution in [0.5, 0.6) is 0 Å². The minimum absolute atomic E-state index is 0.662. The Morgan fingerprint density at radius 1 is 1.39 bits per heavy atom. The van der Waals surface area contributed by atoms with Crippen molar-refractivity contribution in [3.05, 3.63) is 28.8 Å². The Bertz CT molecular complexity index is 400. The molecular weight excluding hydrogens is 246 g/mol. The van der Waals surface area contributed by atoms with E-state index in [2.05, 4.69) is 23.9 Å². The molecule has 2 rings (SSSR count). The van der Waals surface area contributed by atoms with E-state index in [0.717, 1.165) is 22.8 Å². The molecule has 1 saturated heterocycles. The molecule has 3 nitrogen and oxygen atoms in total. The predicted octanol–water partition coefficient (Wildman–Crippen LogP) is 2.45. The van der Waals surface area contributed by atoms with E-state index in [9.17, 15) is 0 Å². The number of nitrogens with two attached hydrogens (primary N) is 1. The Hall–Kier alpha value is -0.770. The van der Waals surface area contributed by atoms with E-state index in [1.54, 1.807) is 0 Å². The summed E-state index contributed by atoms with van der Waals surface area (Å²) in [4.78, 5) is 4.80. The largest absolute Gasteiger partial charge is 0.399 e. The molecule has 0 aliphatic carbocycles. The number of nitrogens with zero attached hydrogens (tertiary/aromatic N) is 2. The van der Waals surface area contributed by atoms with Crippen LogP contribution in [0.15, 0.2) is 18.2 Å². The third-order valence-corrected chi connectivity index (χ3v) is 4.16. The van der Waals surface area contributed by atoms with Crippen molar-refractivity contribution in [1.29, 1.82) is 0 Å². The Balaban J connectivity index is 1.96. The molecule has 0 radical (unpaired) electrons. The number of nitrogen functional groups attached to an aromatic ring is 1. The zero-order valence-electron chi connectivity index (χ0n) is 11.2. The molecule has 1 aromatic carbocycles. The molecule has 100 valence electrons. The second-order valence-electron chi connectivity index (χ2n) is 5.30. The number of piperidine rings is 1. The lowest BCUT2D eigenvalue weighted by Gasteiger charge is -2.35. The Morgan fingerprint density at radius 2 is 2.06 bits per heavy atom. The molecule has 4 heteroatoms. The molecule has 0 aromatic heterocycles. The molecule has 0 bridgehead atoms. The first kappa shape index (κ1) is 13.7. The van der Waals surface area contributed by atoms with Crippen molar-refractivity contribution in [1.82, 2.24) is 9.80 Å². The van der Waals surface area contributed by atoms with E-state index in [1.165, 1.54) is 25.9 Å². The highest BCUT2D eigenvalue weighted by Gasteiger charge is 2.20. The summed E-state index contributed by atoms with van der Waals surface area (Å²) in [7, 11) is 4.37. The van der Waals surface area contributed by atoms with E-state index >= 15 is 0 Å². The van der Waals surface area contributed by atoms with Crippen LogP contribution in [0.4, 0.5) is 5.69 Å². The first-order valence-electron chi connectivity index (χ1n) is 6.49. The summed E-state index contributed by atoms with van der Waals surface area (Å²) in [6.07, 6.45) is 2.47. The van der Waals surface area contributed by atoms with Gasteiger partial charge in [-0.3, -0.25) is 4.90 Å². The van der Waals surface area contributed by atoms with Gasteiger partial charge in [-0.1, -0.05) is 17.7 Å². The van der Waals surface area contributed by atoms with Crippen molar-refractivity contribution in [2.24, 2.45) is 0 Å². The van der Waals surface area contributed by atoms with Crippen LogP contribution in [-0.2, 0) is 6.54 Å². The van der Waals surface area contributed by atoms with Gasteiger partial charge in [0.15, 0.2) is 0 Å². The molecule has 1 aromatic rings. The summed E-state index contributed by atoms with van der Waals surface area (Å²) in [6, 6.07) is 6.45. The molecule has 0 spiro atoms. The summed E-state index contributed by atoms with van der Waals surface area (Å²) >= 11 is 6.22. The van der Waals surface area contributed by atoms with Crippen LogP contribution in [0.1, 0.15) is 18.4 Å². The fourth-order valence-electron chi connectivity index (χ4n) is 2.53. The highest BCUT2D eigenvalue weighted by molar-refractivity contribution is 6.31. The summed E-state index contributed by atoms with van der Waals surface area (Å²) in [5.41, 5.74) is 7.60. The fraction of sp³-hybridized carbons (Fsp3) is 0.571. The summed E-state index contributed by atoms with van der Waals surface area (Å²) < 4.78 is 0. The zero-order chi connectivity index (χ0) is 13.1. The van der Waals surface area contributed by atoms with Gasteiger partial charge in [0.2, 0.25) is 0 Å². The number of halogens is 1. The summed E-state index contributed by atoms with van der Waals surface area (Å²) in [5, 5.41) is 0.773. The quantitative estimate of drug-likeness (QED) is 0.854. The maximum atomic E-state index is 6.22. The number of hydrogen-bond acceptors (Lipinski definition) is 3. The third-order valence-electron chi connectivity index (χ3n) is 3.81. The highest BCUT2D eigenvalue weighted by atomic mass is 35.5. The van der Waals surface area contributed by atoms with Gasteiger partial charge in [-0.25, -0.2) is 0 Å². The molecule has 0 atom stereocenters. The zero-order valence-corrected chi connectivity index (χ0v) is 12.0. The minimum Gasteiger partial charge on any atom is -0.399 e. The van der Waals surface area contributed by atoms with Crippen molar-refractivity contribution in [2.45, 2.75) is 25.4 Å². The summed E-state index contributed by atoms with van der Waals surface area (Å²) in [6.45, 7) is 3.27. The number of benzene rings is 1. The van der Waals surface area contributed by atoms with Gasteiger partial charge >= 0.3 is 0 Å². The van der Waals surface area contributed by atoms with Crippen LogP contribution in [0.3, 0.4) is 0 Å². The van der Waals surface area contributed by atoms with E-state index in [0.29, 0.717) is 6.04 Å². The Morgan fingerprint density at radius 3 is 2.67 bits per heavy atom. The van der Waals surface area contributed by atoms with E-state index < -0.39 is 0 Å². The van der Waals surface area contributed by atoms with Gasteiger partial charge in [-0.2, -0.15) is 0 Å². The first-order chi connectivity index (χ1) is 8.56. The Kier molecular flexibility index (Phi) is 4.49. The number of anilines is 1. The molecule has 1 aliphatic rings. The van der Waals surface area contributed by atoms with Crippen LogP contribution in [-0.4, -0.2) is 43.0 Å². The average molecular weight is 268 g/mol. The maximum Gasteiger partial charge on any atom is 0.0471 e. The van der Waals surface area contributed by atoms with Crippen molar-refractivity contribution in [3.63, 3.8) is 0 Å². The van der Waals surface area contributed by atoms with Crippen molar-refractivity contribution in [2.75, 3.05) is 32.9 Å². The van der Waals surface area contributed by atoms with Crippen LogP contribution in [0.2, 0.25) is 5.02 Å². The number of hydrogen-bond donors (Lipinski definition) is 1. The van der Waals surface area contributed by atoms with E-state index in [4.69, 9.17) is 17.3 Å². The third kappa shape index (κ3) is 3.37. The highest BCUT2D eigenvalue weighted by Crippen LogP contribution is 2.23. The van der Waals surface area contributed by atoms with Gasteiger partial charge in [0.05, 0.1) is 0 Å². The van der Waals surface area contributed by atoms with Crippen molar-refractivity contribution >= 4 is 17.3 Å². The first-order valence-corrected chi connectivity index (χ1v) is 6.87. The average Bonchev–Trinajstić information content (AvgIpc) is 2.33. The molecule has 2 N–H and O–H groups in total. The molecule has 1 fully saturated rings. The van der Waals surface area contributed by atoms with Gasteiger partial charge in [0, 0.05) is 23.3 Å². The molecule has 18 heavy (non-hydrogen) atoms. The molecule has 0 amide bonds. The monoisotopic (exact) mass is 267 g/mol. The van der Waals surface area contributed by atoms with Gasteiger partial charge < -0.3 is 10.6 Å². The Labute approximate surface area is 115 Å². The molecule has 1 aliphatic heterocycles. The molecule has 1 heterocycles. The van der Waals surface area contributed by atoms with Crippen LogP contribution < -0.4 is 5.73 Å². The SMILES string of the molecule is CN1CCC(N(C)Cc2ccc(N)cc2Cl)CC1. The number of rotatable bonds is 3. The van der Waals surface area contributed by atoms with E-state index in [1.807, 2.05) is 18.2 Å².